The number of nitrogens with zero attached hydrogens (tertiary/aromatic N) is 3. The first-order chi connectivity index (χ1) is 17.5. The molecule has 0 bridgehead atoms. The summed E-state index contributed by atoms with van der Waals surface area (Å²) in [5.41, 5.74) is 5.12. The van der Waals surface area contributed by atoms with Crippen molar-refractivity contribution in [3.8, 4) is 17.0 Å². The molecule has 0 unspecified atom stereocenters. The second kappa shape index (κ2) is 9.97. The summed E-state index contributed by atoms with van der Waals surface area (Å²) < 4.78 is 7.23. The maximum atomic E-state index is 12.7. The molecule has 0 atom stereocenters. The standard InChI is InChI=1S/C27H23ClN6O2/c1-17-10-11-24(36-2)22(14-17)33-27(35)30-19-7-5-6-18(15-19)23-16-34-13-12-29-26(34)25(32-23)31-21-9-4-3-8-20(21)28/h3-16H,1-2H3,(H,31,32)(H2,30,33,35). The molecule has 8 nitrogen and oxygen atoms in total. The van der Waals surface area contributed by atoms with Crippen LogP contribution < -0.4 is 20.7 Å². The number of amides is 2. The maximum absolute atomic E-state index is 12.7. The number of benzene rings is 3. The van der Waals surface area contributed by atoms with E-state index < -0.39 is 0 Å². The first-order valence-electron chi connectivity index (χ1n) is 11.2. The van der Waals surface area contributed by atoms with Gasteiger partial charge < -0.3 is 25.1 Å². The van der Waals surface area contributed by atoms with Crippen LogP contribution >= 0.6 is 11.6 Å². The molecular weight excluding hydrogens is 476 g/mol. The molecule has 3 N–H and O–H groups in total. The molecule has 5 rings (SSSR count). The van der Waals surface area contributed by atoms with Crippen molar-refractivity contribution in [1.82, 2.24) is 14.4 Å². The number of aryl methyl sites for hydroxylation is 1. The first kappa shape index (κ1) is 23.2. The SMILES string of the molecule is COc1ccc(C)cc1NC(=O)Nc1cccc(-c2cn3ccnc3c(Nc3ccccc3Cl)n2)c1. The van der Waals surface area contributed by atoms with Gasteiger partial charge in [0.2, 0.25) is 0 Å². The van der Waals surface area contributed by atoms with Gasteiger partial charge in [0.15, 0.2) is 11.5 Å². The molecule has 0 fully saturated rings. The van der Waals surface area contributed by atoms with Crippen LogP contribution in [-0.2, 0) is 0 Å². The molecule has 0 aliphatic heterocycles. The van der Waals surface area contributed by atoms with Gasteiger partial charge in [-0.05, 0) is 48.9 Å². The van der Waals surface area contributed by atoms with Gasteiger partial charge in [-0.3, -0.25) is 0 Å². The van der Waals surface area contributed by atoms with E-state index in [1.165, 1.54) is 0 Å². The highest BCUT2D eigenvalue weighted by molar-refractivity contribution is 6.33. The van der Waals surface area contributed by atoms with Crippen molar-refractivity contribution < 1.29 is 9.53 Å². The Hall–Kier alpha value is -4.56. The summed E-state index contributed by atoms with van der Waals surface area (Å²) in [5, 5.41) is 9.59. The minimum absolute atomic E-state index is 0.379. The predicted molar refractivity (Wildman–Crippen MR) is 144 cm³/mol. The Kier molecular flexibility index (Phi) is 6.42. The van der Waals surface area contributed by atoms with E-state index in [2.05, 4.69) is 20.9 Å². The van der Waals surface area contributed by atoms with Crippen molar-refractivity contribution in [2.24, 2.45) is 0 Å². The molecule has 5 aromatic rings. The van der Waals surface area contributed by atoms with Crippen molar-refractivity contribution in [1.29, 1.82) is 0 Å². The summed E-state index contributed by atoms with van der Waals surface area (Å²) in [6.45, 7) is 1.95. The average Bonchev–Trinajstić information content (AvgIpc) is 3.35. The number of carbonyl (C=O) groups excluding carboxylic acids is 1. The number of urea groups is 1. The van der Waals surface area contributed by atoms with Crippen LogP contribution in [0.2, 0.25) is 5.02 Å². The Morgan fingerprint density at radius 1 is 1.00 bits per heavy atom. The van der Waals surface area contributed by atoms with Crippen LogP contribution in [0.3, 0.4) is 0 Å². The van der Waals surface area contributed by atoms with E-state index in [9.17, 15) is 4.79 Å². The Bertz CT molecular complexity index is 1570. The van der Waals surface area contributed by atoms with Crippen molar-refractivity contribution in [2.45, 2.75) is 6.92 Å². The number of rotatable bonds is 6. The topological polar surface area (TPSA) is 92.6 Å². The molecule has 9 heteroatoms. The van der Waals surface area contributed by atoms with E-state index in [1.807, 2.05) is 90.4 Å². The fourth-order valence-electron chi connectivity index (χ4n) is 3.81. The molecule has 0 aliphatic rings. The molecule has 2 heterocycles. The van der Waals surface area contributed by atoms with E-state index in [1.54, 1.807) is 13.3 Å². The van der Waals surface area contributed by atoms with Gasteiger partial charge in [-0.2, -0.15) is 0 Å². The third kappa shape index (κ3) is 4.94. The first-order valence-corrected chi connectivity index (χ1v) is 11.6. The van der Waals surface area contributed by atoms with Gasteiger partial charge in [-0.1, -0.05) is 41.9 Å². The highest BCUT2D eigenvalue weighted by Crippen LogP contribution is 2.29. The number of anilines is 4. The number of imidazole rings is 1. The second-order valence-corrected chi connectivity index (χ2v) is 8.51. The minimum Gasteiger partial charge on any atom is -0.495 e. The molecule has 0 saturated carbocycles. The molecule has 2 amide bonds. The molecule has 180 valence electrons. The maximum Gasteiger partial charge on any atom is 0.323 e. The highest BCUT2D eigenvalue weighted by Gasteiger charge is 2.13. The zero-order valence-electron chi connectivity index (χ0n) is 19.6. The van der Waals surface area contributed by atoms with Crippen LogP contribution in [0.4, 0.5) is 27.7 Å². The van der Waals surface area contributed by atoms with E-state index in [0.29, 0.717) is 39.3 Å². The lowest BCUT2D eigenvalue weighted by Crippen LogP contribution is -2.19. The summed E-state index contributed by atoms with van der Waals surface area (Å²) in [7, 11) is 1.57. The van der Waals surface area contributed by atoms with Crippen LogP contribution in [0.1, 0.15) is 5.56 Å². The molecule has 2 aromatic heterocycles. The lowest BCUT2D eigenvalue weighted by atomic mass is 10.1. The van der Waals surface area contributed by atoms with Crippen LogP contribution in [0, 0.1) is 6.92 Å². The van der Waals surface area contributed by atoms with E-state index in [4.69, 9.17) is 21.3 Å². The number of para-hydroxylation sites is 1. The van der Waals surface area contributed by atoms with Crippen LogP contribution in [0.15, 0.2) is 85.3 Å². The largest absolute Gasteiger partial charge is 0.495 e. The fourth-order valence-corrected chi connectivity index (χ4v) is 3.99. The lowest BCUT2D eigenvalue weighted by molar-refractivity contribution is 0.262. The minimum atomic E-state index is -0.379. The molecule has 3 aromatic carbocycles. The Balaban J connectivity index is 1.41. The van der Waals surface area contributed by atoms with Gasteiger partial charge in [0.05, 0.1) is 29.2 Å². The number of aromatic nitrogens is 3. The zero-order valence-corrected chi connectivity index (χ0v) is 20.4. The molecule has 36 heavy (non-hydrogen) atoms. The van der Waals surface area contributed by atoms with Gasteiger partial charge in [-0.25, -0.2) is 14.8 Å². The fraction of sp³-hybridized carbons (Fsp3) is 0.0741. The van der Waals surface area contributed by atoms with Gasteiger partial charge in [0, 0.05) is 29.8 Å². The predicted octanol–water partition coefficient (Wildman–Crippen LogP) is 6.75. The number of nitrogens with one attached hydrogen (secondary N) is 3. The van der Waals surface area contributed by atoms with Gasteiger partial charge in [0.1, 0.15) is 5.75 Å². The van der Waals surface area contributed by atoms with Gasteiger partial charge in [0.25, 0.3) is 0 Å². The Labute approximate surface area is 212 Å². The zero-order chi connectivity index (χ0) is 25.1. The summed E-state index contributed by atoms with van der Waals surface area (Å²) in [6, 6.07) is 20.1. The number of methoxy groups -OCH3 is 1. The molecule has 0 aliphatic carbocycles. The van der Waals surface area contributed by atoms with Crippen molar-refractivity contribution in [3.05, 3.63) is 95.9 Å². The monoisotopic (exact) mass is 498 g/mol. The van der Waals surface area contributed by atoms with E-state index >= 15 is 0 Å². The van der Waals surface area contributed by atoms with Crippen molar-refractivity contribution in [2.75, 3.05) is 23.1 Å². The number of halogens is 1. The van der Waals surface area contributed by atoms with Crippen LogP contribution in [-0.4, -0.2) is 27.5 Å². The van der Waals surface area contributed by atoms with Crippen LogP contribution in [0.5, 0.6) is 5.75 Å². The van der Waals surface area contributed by atoms with Gasteiger partial charge >= 0.3 is 6.03 Å². The van der Waals surface area contributed by atoms with E-state index in [0.717, 1.165) is 16.8 Å². The second-order valence-electron chi connectivity index (χ2n) is 8.10. The number of fused-ring (bicyclic) bond motifs is 1. The summed E-state index contributed by atoms with van der Waals surface area (Å²) in [4.78, 5) is 21.9. The molecule has 0 spiro atoms. The smallest absolute Gasteiger partial charge is 0.323 e. The molecule has 0 radical (unpaired) electrons. The van der Waals surface area contributed by atoms with Gasteiger partial charge in [-0.15, -0.1) is 0 Å². The molecular formula is C27H23ClN6O2. The Morgan fingerprint density at radius 2 is 1.86 bits per heavy atom. The number of carbonyl (C=O) groups is 1. The third-order valence-corrected chi connectivity index (χ3v) is 5.85. The van der Waals surface area contributed by atoms with E-state index in [-0.39, 0.29) is 6.03 Å². The summed E-state index contributed by atoms with van der Waals surface area (Å²) in [6.07, 6.45) is 5.44. The summed E-state index contributed by atoms with van der Waals surface area (Å²) >= 11 is 6.34. The Morgan fingerprint density at radius 3 is 2.69 bits per heavy atom. The van der Waals surface area contributed by atoms with Crippen LogP contribution in [0.25, 0.3) is 16.9 Å². The van der Waals surface area contributed by atoms with Crippen molar-refractivity contribution >= 4 is 46.2 Å². The number of hydrogen-bond acceptors (Lipinski definition) is 5. The molecule has 0 saturated heterocycles. The summed E-state index contributed by atoms with van der Waals surface area (Å²) in [5.74, 6) is 1.15. The van der Waals surface area contributed by atoms with Crippen molar-refractivity contribution in [3.63, 3.8) is 0 Å². The third-order valence-electron chi connectivity index (χ3n) is 5.52. The normalized spacial score (nSPS) is 10.8. The number of hydrogen-bond donors (Lipinski definition) is 3. The average molecular weight is 499 g/mol. The quantitative estimate of drug-likeness (QED) is 0.240. The lowest BCUT2D eigenvalue weighted by Gasteiger charge is -2.13. The highest BCUT2D eigenvalue weighted by atomic mass is 35.5. The number of ether oxygens (including phenoxy) is 1.